The fourth-order valence-corrected chi connectivity index (χ4v) is 1.52. The van der Waals surface area contributed by atoms with Crippen molar-refractivity contribution < 1.29 is 19.2 Å². The Kier molecular flexibility index (Phi) is 3.72. The Hall–Kier alpha value is -1.88. The Labute approximate surface area is 98.9 Å². The third-order valence-corrected chi connectivity index (χ3v) is 2.35. The summed E-state index contributed by atoms with van der Waals surface area (Å²) in [6.45, 7) is 0.655. The van der Waals surface area contributed by atoms with Crippen molar-refractivity contribution in [1.29, 1.82) is 0 Å². The Morgan fingerprint density at radius 1 is 1.35 bits per heavy atom. The number of carbonyl (C=O) groups is 2. The highest BCUT2D eigenvalue weighted by Gasteiger charge is 2.22. The summed E-state index contributed by atoms with van der Waals surface area (Å²) in [7, 11) is 0. The molecule has 0 N–H and O–H groups in total. The molecule has 0 aliphatic carbocycles. The first kappa shape index (κ1) is 11.6. The van der Waals surface area contributed by atoms with Gasteiger partial charge in [0, 0.05) is 0 Å². The molecule has 1 fully saturated rings. The first-order chi connectivity index (χ1) is 8.25. The number of amides is 1. The summed E-state index contributed by atoms with van der Waals surface area (Å²) in [6.07, 6.45) is 0.158. The molecular weight excluding hydrogens is 222 g/mol. The number of hydroxylamine groups is 2. The lowest BCUT2D eigenvalue weighted by molar-refractivity contribution is -0.210. The average Bonchev–Trinajstić information content (AvgIpc) is 2.33. The van der Waals surface area contributed by atoms with Crippen molar-refractivity contribution in [3.63, 3.8) is 0 Å². The van der Waals surface area contributed by atoms with Gasteiger partial charge in [-0.25, -0.2) is 4.79 Å². The van der Waals surface area contributed by atoms with E-state index in [1.165, 1.54) is 0 Å². The summed E-state index contributed by atoms with van der Waals surface area (Å²) in [4.78, 5) is 27.8. The molecule has 1 saturated heterocycles. The second-order valence-corrected chi connectivity index (χ2v) is 3.67. The molecular formula is C12H13NO4. The summed E-state index contributed by atoms with van der Waals surface area (Å²) in [6, 6.07) is 9.25. The van der Waals surface area contributed by atoms with Crippen LogP contribution in [0.15, 0.2) is 30.3 Å². The van der Waals surface area contributed by atoms with E-state index in [2.05, 4.69) is 0 Å². The normalized spacial score (nSPS) is 15.8. The van der Waals surface area contributed by atoms with Crippen LogP contribution < -0.4 is 0 Å². The van der Waals surface area contributed by atoms with Crippen LogP contribution in [0.3, 0.4) is 0 Å². The van der Waals surface area contributed by atoms with Gasteiger partial charge in [0.25, 0.3) is 5.91 Å². The summed E-state index contributed by atoms with van der Waals surface area (Å²) in [5.41, 5.74) is 0.859. The van der Waals surface area contributed by atoms with E-state index < -0.39 is 5.97 Å². The minimum Gasteiger partial charge on any atom is -0.370 e. The molecule has 0 aromatic heterocycles. The van der Waals surface area contributed by atoms with E-state index in [4.69, 9.17) is 9.57 Å². The van der Waals surface area contributed by atoms with Crippen LogP contribution in [0.4, 0.5) is 0 Å². The predicted molar refractivity (Wildman–Crippen MR) is 58.8 cm³/mol. The lowest BCUT2D eigenvalue weighted by atomic mass is 10.2. The second-order valence-electron chi connectivity index (χ2n) is 3.67. The topological polar surface area (TPSA) is 55.8 Å². The van der Waals surface area contributed by atoms with Gasteiger partial charge in [0.2, 0.25) is 0 Å². The fourth-order valence-electron chi connectivity index (χ4n) is 1.52. The monoisotopic (exact) mass is 235 g/mol. The zero-order chi connectivity index (χ0) is 12.1. The van der Waals surface area contributed by atoms with E-state index in [-0.39, 0.29) is 18.9 Å². The van der Waals surface area contributed by atoms with Gasteiger partial charge in [0.1, 0.15) is 6.61 Å². The Morgan fingerprint density at radius 3 is 2.82 bits per heavy atom. The average molecular weight is 235 g/mol. The zero-order valence-electron chi connectivity index (χ0n) is 9.30. The number of benzene rings is 1. The summed E-state index contributed by atoms with van der Waals surface area (Å²) in [5.74, 6) is -0.760. The largest absolute Gasteiger partial charge is 0.370 e. The van der Waals surface area contributed by atoms with Crippen LogP contribution >= 0.6 is 0 Å². The summed E-state index contributed by atoms with van der Waals surface area (Å²) < 4.78 is 4.93. The maximum atomic E-state index is 11.6. The van der Waals surface area contributed by atoms with Crippen molar-refractivity contribution in [2.75, 3.05) is 19.8 Å². The van der Waals surface area contributed by atoms with E-state index in [1.54, 1.807) is 0 Å². The van der Waals surface area contributed by atoms with Crippen LogP contribution in [0.25, 0.3) is 0 Å². The lowest BCUT2D eigenvalue weighted by Gasteiger charge is -2.24. The lowest BCUT2D eigenvalue weighted by Crippen LogP contribution is -2.43. The number of carbonyl (C=O) groups excluding carboxylic acids is 2. The van der Waals surface area contributed by atoms with Gasteiger partial charge in [-0.1, -0.05) is 30.3 Å². The van der Waals surface area contributed by atoms with Crippen LogP contribution in [0.5, 0.6) is 0 Å². The Bertz CT molecular complexity index is 404. The minimum absolute atomic E-state index is 0.0291. The van der Waals surface area contributed by atoms with Crippen LogP contribution in [0.2, 0.25) is 0 Å². The number of hydrogen-bond acceptors (Lipinski definition) is 4. The molecule has 0 radical (unpaired) electrons. The van der Waals surface area contributed by atoms with Crippen molar-refractivity contribution in [3.8, 4) is 0 Å². The van der Waals surface area contributed by atoms with Crippen molar-refractivity contribution in [3.05, 3.63) is 35.9 Å². The smallest absolute Gasteiger partial charge is 0.336 e. The zero-order valence-corrected chi connectivity index (χ0v) is 9.30. The van der Waals surface area contributed by atoms with Crippen LogP contribution in [-0.4, -0.2) is 36.7 Å². The van der Waals surface area contributed by atoms with E-state index in [9.17, 15) is 9.59 Å². The molecule has 1 aliphatic rings. The summed E-state index contributed by atoms with van der Waals surface area (Å²) in [5, 5.41) is 1.06. The number of morpholine rings is 1. The van der Waals surface area contributed by atoms with Gasteiger partial charge in [-0.15, -0.1) is 0 Å². The molecule has 0 atom stereocenters. The van der Waals surface area contributed by atoms with Gasteiger partial charge in [-0.2, -0.15) is 5.06 Å². The van der Waals surface area contributed by atoms with Crippen molar-refractivity contribution in [1.82, 2.24) is 5.06 Å². The van der Waals surface area contributed by atoms with Crippen LogP contribution in [0.1, 0.15) is 5.56 Å². The highest BCUT2D eigenvalue weighted by Crippen LogP contribution is 2.04. The molecule has 1 heterocycles. The SMILES string of the molecule is O=C(Cc1ccccc1)ON1CCOCC1=O. The summed E-state index contributed by atoms with van der Waals surface area (Å²) >= 11 is 0. The van der Waals surface area contributed by atoms with Crippen molar-refractivity contribution >= 4 is 11.9 Å². The molecule has 0 bridgehead atoms. The van der Waals surface area contributed by atoms with Gasteiger partial charge >= 0.3 is 5.97 Å². The molecule has 0 spiro atoms. The molecule has 1 aliphatic heterocycles. The van der Waals surface area contributed by atoms with Gasteiger partial charge < -0.3 is 9.57 Å². The molecule has 1 aromatic rings. The van der Waals surface area contributed by atoms with Crippen LogP contribution in [0, 0.1) is 0 Å². The number of rotatable bonds is 3. The molecule has 5 nitrogen and oxygen atoms in total. The maximum absolute atomic E-state index is 11.6. The molecule has 1 amide bonds. The van der Waals surface area contributed by atoms with Gasteiger partial charge in [-0.05, 0) is 5.56 Å². The first-order valence-electron chi connectivity index (χ1n) is 5.38. The van der Waals surface area contributed by atoms with Gasteiger partial charge in [0.15, 0.2) is 0 Å². The molecule has 5 heteroatoms. The first-order valence-corrected chi connectivity index (χ1v) is 5.38. The molecule has 0 unspecified atom stereocenters. The van der Waals surface area contributed by atoms with E-state index in [0.717, 1.165) is 10.6 Å². The van der Waals surface area contributed by atoms with Gasteiger partial charge in [-0.3, -0.25) is 4.79 Å². The maximum Gasteiger partial charge on any atom is 0.336 e. The van der Waals surface area contributed by atoms with Crippen LogP contribution in [-0.2, 0) is 25.6 Å². The minimum atomic E-state index is -0.438. The predicted octanol–water partition coefficient (Wildman–Crippen LogP) is 0.546. The Balaban J connectivity index is 1.87. The number of hydrogen-bond donors (Lipinski definition) is 0. The quantitative estimate of drug-likeness (QED) is 0.767. The molecule has 2 rings (SSSR count). The Morgan fingerprint density at radius 2 is 2.12 bits per heavy atom. The third-order valence-electron chi connectivity index (χ3n) is 2.35. The highest BCUT2D eigenvalue weighted by molar-refractivity contribution is 5.80. The van der Waals surface area contributed by atoms with Crippen molar-refractivity contribution in [2.24, 2.45) is 0 Å². The van der Waals surface area contributed by atoms with E-state index >= 15 is 0 Å². The molecule has 0 saturated carbocycles. The van der Waals surface area contributed by atoms with E-state index in [1.807, 2.05) is 30.3 Å². The second kappa shape index (κ2) is 5.45. The highest BCUT2D eigenvalue weighted by atomic mass is 16.7. The number of nitrogens with zero attached hydrogens (tertiary/aromatic N) is 1. The number of ether oxygens (including phenoxy) is 1. The van der Waals surface area contributed by atoms with Gasteiger partial charge in [0.05, 0.1) is 19.6 Å². The standard InChI is InChI=1S/C12H13NO4/c14-11-9-16-7-6-13(11)17-12(15)8-10-4-2-1-3-5-10/h1-5H,6-9H2. The molecule has 17 heavy (non-hydrogen) atoms. The van der Waals surface area contributed by atoms with E-state index in [0.29, 0.717) is 13.2 Å². The van der Waals surface area contributed by atoms with Crippen molar-refractivity contribution in [2.45, 2.75) is 6.42 Å². The fraction of sp³-hybridized carbons (Fsp3) is 0.333. The molecule has 1 aromatic carbocycles. The third kappa shape index (κ3) is 3.29. The molecule has 90 valence electrons.